The Morgan fingerprint density at radius 3 is 2.35 bits per heavy atom. The molecule has 4 heteroatoms. The van der Waals surface area contributed by atoms with Gasteiger partial charge in [0.2, 0.25) is 0 Å². The van der Waals surface area contributed by atoms with Crippen LogP contribution in [0.25, 0.3) is 0 Å². The van der Waals surface area contributed by atoms with Gasteiger partial charge in [-0.2, -0.15) is 0 Å². The van der Waals surface area contributed by atoms with E-state index >= 15 is 0 Å². The smallest absolute Gasteiger partial charge is 0.140 e. The van der Waals surface area contributed by atoms with Gasteiger partial charge in [-0.1, -0.05) is 39.7 Å². The molecule has 3 atom stereocenters. The Labute approximate surface area is 149 Å². The molecular formula is C19H17BrClNO. The molecule has 0 N–H and O–H groups in total. The van der Waals surface area contributed by atoms with Gasteiger partial charge in [0.1, 0.15) is 5.78 Å². The Morgan fingerprint density at radius 2 is 1.70 bits per heavy atom. The zero-order valence-corrected chi connectivity index (χ0v) is 14.9. The molecule has 2 aromatic rings. The third-order valence-electron chi connectivity index (χ3n) is 5.07. The van der Waals surface area contributed by atoms with E-state index in [1.807, 2.05) is 12.1 Å². The summed E-state index contributed by atoms with van der Waals surface area (Å²) in [5.74, 6) is 0.499. The first-order valence-corrected chi connectivity index (χ1v) is 9.12. The lowest BCUT2D eigenvalue weighted by atomic mass is 9.71. The first kappa shape index (κ1) is 15.2. The standard InChI is InChI=1S/C19H17BrClNO/c20-13-3-7-15(8-4-13)22-16-9-10-17(18(23)11-16)19(22)12-1-5-14(21)6-2-12/h1-8,16-17,19H,9-11H2/t16-,17+,19+/m1/s1. The van der Waals surface area contributed by atoms with Gasteiger partial charge < -0.3 is 4.90 Å². The van der Waals surface area contributed by atoms with Crippen molar-refractivity contribution in [2.24, 2.45) is 5.92 Å². The highest BCUT2D eigenvalue weighted by Gasteiger charge is 2.47. The number of rotatable bonds is 2. The van der Waals surface area contributed by atoms with Crippen LogP contribution >= 0.6 is 27.5 Å². The number of fused-ring (bicyclic) bond motifs is 3. The van der Waals surface area contributed by atoms with Crippen LogP contribution in [0.1, 0.15) is 30.9 Å². The van der Waals surface area contributed by atoms with E-state index in [0.29, 0.717) is 18.2 Å². The molecule has 0 unspecified atom stereocenters. The van der Waals surface area contributed by atoms with Gasteiger partial charge in [0.05, 0.1) is 6.04 Å². The van der Waals surface area contributed by atoms with Crippen LogP contribution in [0.2, 0.25) is 5.02 Å². The van der Waals surface area contributed by atoms with Crippen LogP contribution in [0.4, 0.5) is 5.69 Å². The first-order valence-electron chi connectivity index (χ1n) is 7.95. The molecule has 2 aromatic carbocycles. The molecular weight excluding hydrogens is 374 g/mol. The third kappa shape index (κ3) is 2.70. The molecule has 118 valence electrons. The molecule has 2 saturated heterocycles. The van der Waals surface area contributed by atoms with Gasteiger partial charge in [-0.3, -0.25) is 4.79 Å². The van der Waals surface area contributed by atoms with Crippen LogP contribution in [-0.2, 0) is 4.79 Å². The lowest BCUT2D eigenvalue weighted by molar-refractivity contribution is -0.128. The molecule has 1 saturated carbocycles. The SMILES string of the molecule is O=C1C[C@H]2CC[C@@H]1[C@H](c1ccc(Cl)cc1)N2c1ccc(Br)cc1. The minimum atomic E-state index is 0.0878. The fourth-order valence-corrected chi connectivity index (χ4v) is 4.44. The van der Waals surface area contributed by atoms with Crippen molar-refractivity contribution in [2.75, 3.05) is 4.90 Å². The van der Waals surface area contributed by atoms with Crippen LogP contribution in [0.5, 0.6) is 0 Å². The zero-order chi connectivity index (χ0) is 16.0. The fourth-order valence-electron chi connectivity index (χ4n) is 4.05. The Morgan fingerprint density at radius 1 is 1.00 bits per heavy atom. The summed E-state index contributed by atoms with van der Waals surface area (Å²) in [6.07, 6.45) is 2.76. The van der Waals surface area contributed by atoms with Crippen LogP contribution in [0, 0.1) is 5.92 Å². The van der Waals surface area contributed by atoms with E-state index in [0.717, 1.165) is 22.3 Å². The number of nitrogens with zero attached hydrogens (tertiary/aromatic N) is 1. The number of halogens is 2. The number of piperidine rings is 2. The quantitative estimate of drug-likeness (QED) is 0.684. The second-order valence-electron chi connectivity index (χ2n) is 6.39. The van der Waals surface area contributed by atoms with Gasteiger partial charge in [0.15, 0.2) is 0 Å². The van der Waals surface area contributed by atoms with Crippen LogP contribution < -0.4 is 4.90 Å². The molecule has 2 nitrogen and oxygen atoms in total. The minimum absolute atomic E-state index is 0.0878. The van der Waals surface area contributed by atoms with Crippen molar-refractivity contribution in [1.29, 1.82) is 0 Å². The molecule has 3 fully saturated rings. The van der Waals surface area contributed by atoms with Gasteiger partial charge in [-0.15, -0.1) is 0 Å². The second-order valence-corrected chi connectivity index (χ2v) is 7.74. The van der Waals surface area contributed by atoms with Gasteiger partial charge >= 0.3 is 0 Å². The van der Waals surface area contributed by atoms with Crippen molar-refractivity contribution in [3.8, 4) is 0 Å². The number of ketones is 1. The number of benzene rings is 2. The van der Waals surface area contributed by atoms with E-state index < -0.39 is 0 Å². The summed E-state index contributed by atoms with van der Waals surface area (Å²) in [5.41, 5.74) is 2.37. The Bertz CT molecular complexity index is 728. The fraction of sp³-hybridized carbons (Fsp3) is 0.316. The Balaban J connectivity index is 1.79. The largest absolute Gasteiger partial charge is 0.360 e. The number of carbonyl (C=O) groups is 1. The molecule has 3 aliphatic rings. The number of hydrogen-bond donors (Lipinski definition) is 0. The van der Waals surface area contributed by atoms with Gasteiger partial charge in [-0.05, 0) is 54.8 Å². The molecule has 0 amide bonds. The first-order chi connectivity index (χ1) is 11.1. The lowest BCUT2D eigenvalue weighted by Gasteiger charge is -2.52. The summed E-state index contributed by atoms with van der Waals surface area (Å²) in [4.78, 5) is 14.9. The maximum atomic E-state index is 12.5. The van der Waals surface area contributed by atoms with Gasteiger partial charge in [-0.25, -0.2) is 0 Å². The molecule has 0 aromatic heterocycles. The number of hydrogen-bond acceptors (Lipinski definition) is 2. The normalized spacial score (nSPS) is 26.6. The minimum Gasteiger partial charge on any atom is -0.360 e. The predicted octanol–water partition coefficient (Wildman–Crippen LogP) is 5.40. The maximum absolute atomic E-state index is 12.5. The highest BCUT2D eigenvalue weighted by atomic mass is 79.9. The molecule has 2 heterocycles. The van der Waals surface area contributed by atoms with Crippen molar-refractivity contribution in [3.05, 3.63) is 63.6 Å². The topological polar surface area (TPSA) is 20.3 Å². The highest BCUT2D eigenvalue weighted by Crippen LogP contribution is 2.48. The van der Waals surface area contributed by atoms with Crippen LogP contribution in [-0.4, -0.2) is 11.8 Å². The molecule has 23 heavy (non-hydrogen) atoms. The second kappa shape index (κ2) is 5.95. The Kier molecular flexibility index (Phi) is 3.94. The van der Waals surface area contributed by atoms with E-state index in [2.05, 4.69) is 57.2 Å². The average Bonchev–Trinajstić information content (AvgIpc) is 2.56. The third-order valence-corrected chi connectivity index (χ3v) is 5.85. The molecule has 2 bridgehead atoms. The highest BCUT2D eigenvalue weighted by molar-refractivity contribution is 9.10. The summed E-state index contributed by atoms with van der Waals surface area (Å²) in [5, 5.41) is 0.733. The van der Waals surface area contributed by atoms with E-state index in [1.165, 1.54) is 11.3 Å². The van der Waals surface area contributed by atoms with Crippen molar-refractivity contribution in [2.45, 2.75) is 31.3 Å². The molecule has 5 rings (SSSR count). The van der Waals surface area contributed by atoms with E-state index in [4.69, 9.17) is 11.6 Å². The van der Waals surface area contributed by atoms with Crippen molar-refractivity contribution in [3.63, 3.8) is 0 Å². The van der Waals surface area contributed by atoms with Crippen molar-refractivity contribution >= 4 is 39.0 Å². The summed E-state index contributed by atoms with van der Waals surface area (Å²) >= 11 is 9.54. The number of anilines is 1. The Hall–Kier alpha value is -1.32. The van der Waals surface area contributed by atoms with Gasteiger partial charge in [0, 0.05) is 33.6 Å². The predicted molar refractivity (Wildman–Crippen MR) is 97.0 cm³/mol. The number of carbonyl (C=O) groups excluding carboxylic acids is 1. The van der Waals surface area contributed by atoms with Crippen molar-refractivity contribution < 1.29 is 4.79 Å². The number of Topliss-reactive ketones (excluding diaryl/α,β-unsaturated/α-hetero) is 1. The van der Waals surface area contributed by atoms with Crippen LogP contribution in [0.3, 0.4) is 0 Å². The average molecular weight is 391 g/mol. The van der Waals surface area contributed by atoms with E-state index in [-0.39, 0.29) is 12.0 Å². The van der Waals surface area contributed by atoms with Crippen LogP contribution in [0.15, 0.2) is 53.0 Å². The summed E-state index contributed by atoms with van der Waals surface area (Å²) in [6, 6.07) is 16.8. The van der Waals surface area contributed by atoms with E-state index in [1.54, 1.807) is 0 Å². The van der Waals surface area contributed by atoms with Gasteiger partial charge in [0.25, 0.3) is 0 Å². The summed E-state index contributed by atoms with van der Waals surface area (Å²) in [7, 11) is 0. The molecule has 0 spiro atoms. The van der Waals surface area contributed by atoms with E-state index in [9.17, 15) is 4.79 Å². The van der Waals surface area contributed by atoms with Crippen molar-refractivity contribution in [1.82, 2.24) is 0 Å². The molecule has 1 aliphatic carbocycles. The molecule has 0 radical (unpaired) electrons. The zero-order valence-electron chi connectivity index (χ0n) is 12.6. The summed E-state index contributed by atoms with van der Waals surface area (Å²) < 4.78 is 1.07. The summed E-state index contributed by atoms with van der Waals surface area (Å²) in [6.45, 7) is 0. The lowest BCUT2D eigenvalue weighted by Crippen LogP contribution is -2.54. The monoisotopic (exact) mass is 389 g/mol. The maximum Gasteiger partial charge on any atom is 0.140 e. The molecule has 2 aliphatic heterocycles.